The zero-order valence-corrected chi connectivity index (χ0v) is 48.1. The van der Waals surface area contributed by atoms with Crippen LogP contribution < -0.4 is 0 Å². The molecule has 0 aromatic heterocycles. The van der Waals surface area contributed by atoms with E-state index in [2.05, 4.69) is 106 Å². The largest absolute Gasteiger partial charge is 0.462 e. The third kappa shape index (κ3) is 59.3. The summed E-state index contributed by atoms with van der Waals surface area (Å²) < 4.78 is 16.9. The quantitative estimate of drug-likeness (QED) is 0.0261. The van der Waals surface area contributed by atoms with Crippen molar-refractivity contribution in [1.29, 1.82) is 0 Å². The summed E-state index contributed by atoms with van der Waals surface area (Å²) in [6.07, 6.45) is 80.0. The lowest BCUT2D eigenvalue weighted by Crippen LogP contribution is -2.30. The fraction of sp³-hybridized carbons (Fsp3) is 0.746. The molecule has 1 unspecified atom stereocenters. The van der Waals surface area contributed by atoms with Crippen LogP contribution in [-0.2, 0) is 28.6 Å². The van der Waals surface area contributed by atoms with E-state index in [1.54, 1.807) is 0 Å². The molecule has 0 aliphatic heterocycles. The Morgan fingerprint density at radius 1 is 0.288 bits per heavy atom. The summed E-state index contributed by atoms with van der Waals surface area (Å²) in [7, 11) is 0. The molecular weight excluding hydrogens is 901 g/mol. The first-order chi connectivity index (χ1) is 36.0. The van der Waals surface area contributed by atoms with Gasteiger partial charge in [0.25, 0.3) is 0 Å². The van der Waals surface area contributed by atoms with Crippen molar-refractivity contribution in [1.82, 2.24) is 0 Å². The number of carbonyl (C=O) groups is 3. The highest BCUT2D eigenvalue weighted by Gasteiger charge is 2.19. The minimum absolute atomic E-state index is 0.0843. The van der Waals surface area contributed by atoms with Gasteiger partial charge in [-0.2, -0.15) is 0 Å². The summed E-state index contributed by atoms with van der Waals surface area (Å²) in [4.78, 5) is 38.3. The fourth-order valence-electron chi connectivity index (χ4n) is 8.69. The highest BCUT2D eigenvalue weighted by atomic mass is 16.6. The van der Waals surface area contributed by atoms with Crippen molar-refractivity contribution >= 4 is 17.9 Å². The predicted octanol–water partition coefficient (Wildman–Crippen LogP) is 21.1. The molecule has 0 radical (unpaired) electrons. The van der Waals surface area contributed by atoms with E-state index in [0.29, 0.717) is 19.3 Å². The highest BCUT2D eigenvalue weighted by Crippen LogP contribution is 2.16. The van der Waals surface area contributed by atoms with Crippen LogP contribution in [0, 0.1) is 0 Å². The lowest BCUT2D eigenvalue weighted by Gasteiger charge is -2.18. The number of hydrogen-bond donors (Lipinski definition) is 0. The van der Waals surface area contributed by atoms with Gasteiger partial charge in [-0.3, -0.25) is 14.4 Å². The maximum atomic E-state index is 12.9. The number of carbonyl (C=O) groups excluding carboxylic acids is 3. The molecule has 0 rings (SSSR count). The number of unbranched alkanes of at least 4 members (excludes halogenated alkanes) is 31. The van der Waals surface area contributed by atoms with Gasteiger partial charge >= 0.3 is 17.9 Å². The van der Waals surface area contributed by atoms with Crippen LogP contribution in [0.1, 0.15) is 303 Å². The SMILES string of the molecule is CC/C=C\C/C=C\C/C=C\C/C=C\CCCCCCCCC(=O)OCC(COC(=O)CCCCCCCCC/C=C\CCCCCCCC)OC(=O)CCCCCCCCCCC/C=C\C/C=C\CCCCC. The molecule has 0 N–H and O–H groups in total. The normalized spacial score (nSPS) is 12.6. The predicted molar refractivity (Wildman–Crippen MR) is 316 cm³/mol. The molecule has 0 aliphatic carbocycles. The monoisotopic (exact) mass is 1020 g/mol. The molecule has 0 aromatic carbocycles. The summed E-state index contributed by atoms with van der Waals surface area (Å²) in [6, 6.07) is 0. The van der Waals surface area contributed by atoms with E-state index >= 15 is 0 Å². The molecular formula is C67H116O6. The molecule has 73 heavy (non-hydrogen) atoms. The van der Waals surface area contributed by atoms with Crippen LogP contribution in [0.2, 0.25) is 0 Å². The summed E-state index contributed by atoms with van der Waals surface area (Å²) >= 11 is 0. The molecule has 0 bridgehead atoms. The van der Waals surface area contributed by atoms with Crippen LogP contribution in [0.4, 0.5) is 0 Å². The summed E-state index contributed by atoms with van der Waals surface area (Å²) in [6.45, 7) is 6.51. The molecule has 0 heterocycles. The first-order valence-corrected chi connectivity index (χ1v) is 31.1. The summed E-state index contributed by atoms with van der Waals surface area (Å²) in [5.74, 6) is -0.896. The summed E-state index contributed by atoms with van der Waals surface area (Å²) in [5, 5.41) is 0. The fourth-order valence-corrected chi connectivity index (χ4v) is 8.69. The average Bonchev–Trinajstić information content (AvgIpc) is 3.39. The van der Waals surface area contributed by atoms with E-state index in [9.17, 15) is 14.4 Å². The van der Waals surface area contributed by atoms with E-state index in [-0.39, 0.29) is 31.1 Å². The van der Waals surface area contributed by atoms with Crippen molar-refractivity contribution in [3.05, 3.63) is 85.1 Å². The molecule has 0 amide bonds. The van der Waals surface area contributed by atoms with Gasteiger partial charge < -0.3 is 14.2 Å². The Bertz CT molecular complexity index is 1400. The van der Waals surface area contributed by atoms with Gasteiger partial charge in [0.15, 0.2) is 6.10 Å². The van der Waals surface area contributed by atoms with Crippen molar-refractivity contribution < 1.29 is 28.6 Å². The summed E-state index contributed by atoms with van der Waals surface area (Å²) in [5.41, 5.74) is 0. The Labute approximate surface area is 452 Å². The van der Waals surface area contributed by atoms with Crippen LogP contribution in [0.15, 0.2) is 85.1 Å². The van der Waals surface area contributed by atoms with Gasteiger partial charge in [0.1, 0.15) is 13.2 Å². The van der Waals surface area contributed by atoms with Crippen molar-refractivity contribution in [2.24, 2.45) is 0 Å². The standard InChI is InChI=1S/C67H116O6/c1-4-7-10-13-16-19-22-25-28-31-33-36-39-42-45-48-51-54-57-60-66(69)72-63-64(62-71-65(68)59-56-53-50-47-44-41-38-35-30-27-24-21-18-15-12-9-6-3)73-67(70)61-58-55-52-49-46-43-40-37-34-32-29-26-23-20-17-14-11-8-5-2/h7,10,16-17,19-20,25-30,33,36,64H,4-6,8-9,11-15,18,21-24,31-32,34-35,37-63H2,1-3H3/b10-7-,19-16-,20-17-,28-25-,29-26-,30-27-,36-33-. The lowest BCUT2D eigenvalue weighted by atomic mass is 10.1. The van der Waals surface area contributed by atoms with Gasteiger partial charge in [-0.05, 0) is 116 Å². The van der Waals surface area contributed by atoms with Crippen molar-refractivity contribution in [2.75, 3.05) is 13.2 Å². The molecule has 0 fully saturated rings. The van der Waals surface area contributed by atoms with Gasteiger partial charge in [-0.25, -0.2) is 0 Å². The second-order valence-electron chi connectivity index (χ2n) is 20.6. The Hall–Kier alpha value is -3.41. The molecule has 0 saturated carbocycles. The number of hydrogen-bond acceptors (Lipinski definition) is 6. The second-order valence-corrected chi connectivity index (χ2v) is 20.6. The maximum absolute atomic E-state index is 12.9. The topological polar surface area (TPSA) is 78.9 Å². The lowest BCUT2D eigenvalue weighted by molar-refractivity contribution is -0.167. The highest BCUT2D eigenvalue weighted by molar-refractivity contribution is 5.71. The van der Waals surface area contributed by atoms with E-state index in [4.69, 9.17) is 14.2 Å². The third-order valence-electron chi connectivity index (χ3n) is 13.4. The van der Waals surface area contributed by atoms with Crippen LogP contribution in [0.25, 0.3) is 0 Å². The van der Waals surface area contributed by atoms with Crippen LogP contribution in [-0.4, -0.2) is 37.2 Å². The first kappa shape index (κ1) is 69.6. The van der Waals surface area contributed by atoms with E-state index < -0.39 is 6.10 Å². The molecule has 0 aliphatic rings. The first-order valence-electron chi connectivity index (χ1n) is 31.1. The molecule has 1 atom stereocenters. The van der Waals surface area contributed by atoms with Crippen LogP contribution in [0.5, 0.6) is 0 Å². The zero-order valence-electron chi connectivity index (χ0n) is 48.1. The molecule has 6 heteroatoms. The van der Waals surface area contributed by atoms with Crippen molar-refractivity contribution in [3.63, 3.8) is 0 Å². The molecule has 420 valence electrons. The van der Waals surface area contributed by atoms with Gasteiger partial charge in [-0.1, -0.05) is 254 Å². The molecule has 0 saturated heterocycles. The zero-order chi connectivity index (χ0) is 52.9. The minimum Gasteiger partial charge on any atom is -0.462 e. The van der Waals surface area contributed by atoms with Gasteiger partial charge in [0.2, 0.25) is 0 Å². The molecule has 0 spiro atoms. The Morgan fingerprint density at radius 3 is 0.877 bits per heavy atom. The minimum atomic E-state index is -0.788. The van der Waals surface area contributed by atoms with Crippen LogP contribution in [0.3, 0.4) is 0 Å². The number of allylic oxidation sites excluding steroid dienone is 14. The third-order valence-corrected chi connectivity index (χ3v) is 13.4. The Balaban J connectivity index is 4.42. The van der Waals surface area contributed by atoms with Gasteiger partial charge in [0, 0.05) is 19.3 Å². The molecule has 0 aromatic rings. The van der Waals surface area contributed by atoms with E-state index in [1.165, 1.54) is 167 Å². The maximum Gasteiger partial charge on any atom is 0.306 e. The van der Waals surface area contributed by atoms with Gasteiger partial charge in [0.05, 0.1) is 0 Å². The van der Waals surface area contributed by atoms with E-state index in [0.717, 1.165) is 96.3 Å². The number of esters is 3. The second kappa shape index (κ2) is 61.1. The van der Waals surface area contributed by atoms with Crippen molar-refractivity contribution in [2.45, 2.75) is 309 Å². The smallest absolute Gasteiger partial charge is 0.306 e. The Kier molecular flexibility index (Phi) is 58.3. The average molecular weight is 1020 g/mol. The van der Waals surface area contributed by atoms with Crippen molar-refractivity contribution in [3.8, 4) is 0 Å². The number of ether oxygens (including phenoxy) is 3. The molecule has 6 nitrogen and oxygen atoms in total. The number of rotatable bonds is 56. The van der Waals surface area contributed by atoms with Crippen LogP contribution >= 0.6 is 0 Å². The Morgan fingerprint density at radius 2 is 0.534 bits per heavy atom. The van der Waals surface area contributed by atoms with E-state index in [1.807, 2.05) is 0 Å². The van der Waals surface area contributed by atoms with Gasteiger partial charge in [-0.15, -0.1) is 0 Å².